The molecule has 0 radical (unpaired) electrons. The molecule has 1 aliphatic rings. The van der Waals surface area contributed by atoms with Crippen molar-refractivity contribution >= 4 is 38.3 Å². The van der Waals surface area contributed by atoms with Gasteiger partial charge in [0, 0.05) is 24.5 Å². The van der Waals surface area contributed by atoms with E-state index in [0.717, 1.165) is 23.1 Å². The molecule has 0 bridgehead atoms. The number of hydrogen-bond acceptors (Lipinski definition) is 5. The number of carbonyl (C=O) groups excluding carboxylic acids is 1. The zero-order valence-corrected chi connectivity index (χ0v) is 17.0. The molecular weight excluding hydrogens is 372 g/mol. The van der Waals surface area contributed by atoms with Crippen molar-refractivity contribution in [1.82, 2.24) is 10.2 Å². The molecule has 4 rings (SSSR count). The molecule has 1 aliphatic heterocycles. The third-order valence-electron chi connectivity index (χ3n) is 5.64. The van der Waals surface area contributed by atoms with Gasteiger partial charge >= 0.3 is 5.63 Å². The fraction of sp³-hybridized carbons (Fsp3) is 0.455. The third-order valence-corrected chi connectivity index (χ3v) is 6.81. The number of hydrogen-bond donors (Lipinski definition) is 1. The average Bonchev–Trinajstić information content (AvgIpc) is 3.18. The predicted octanol–water partition coefficient (Wildman–Crippen LogP) is 4.39. The standard InChI is InChI=1S/C22H26N2O3S/c1-2-15-8-5-6-12-24(15)13-7-11-23-21(25)19-14-17-20(28-19)16-9-3-4-10-18(16)27-22(17)26/h3-4,9-10,14-15H,2,5-8,11-13H2,1H3,(H,23,25). The minimum absolute atomic E-state index is 0.115. The van der Waals surface area contributed by atoms with E-state index in [1.807, 2.05) is 18.2 Å². The summed E-state index contributed by atoms with van der Waals surface area (Å²) >= 11 is 1.36. The number of piperidine rings is 1. The maximum absolute atomic E-state index is 12.6. The lowest BCUT2D eigenvalue weighted by molar-refractivity contribution is 0.0951. The summed E-state index contributed by atoms with van der Waals surface area (Å²) in [6.07, 6.45) is 6.05. The first-order valence-electron chi connectivity index (χ1n) is 10.1. The maximum Gasteiger partial charge on any atom is 0.345 e. The van der Waals surface area contributed by atoms with Crippen molar-refractivity contribution in [2.45, 2.75) is 45.1 Å². The number of benzene rings is 1. The average molecular weight is 399 g/mol. The molecular formula is C22H26N2O3S. The summed E-state index contributed by atoms with van der Waals surface area (Å²) < 4.78 is 6.18. The Morgan fingerprint density at radius 3 is 3.00 bits per heavy atom. The zero-order valence-electron chi connectivity index (χ0n) is 16.2. The number of thiophene rings is 1. The smallest absolute Gasteiger partial charge is 0.345 e. The molecule has 1 saturated heterocycles. The molecule has 5 nitrogen and oxygen atoms in total. The highest BCUT2D eigenvalue weighted by atomic mass is 32.1. The quantitative estimate of drug-likeness (QED) is 0.494. The van der Waals surface area contributed by atoms with Gasteiger partial charge in [0.2, 0.25) is 0 Å². The molecule has 1 unspecified atom stereocenters. The molecule has 148 valence electrons. The van der Waals surface area contributed by atoms with Gasteiger partial charge in [-0.25, -0.2) is 4.79 Å². The summed E-state index contributed by atoms with van der Waals surface area (Å²) in [5, 5.41) is 4.36. The van der Waals surface area contributed by atoms with Gasteiger partial charge in [0.15, 0.2) is 0 Å². The first-order valence-corrected chi connectivity index (χ1v) is 11.0. The summed E-state index contributed by atoms with van der Waals surface area (Å²) in [6, 6.07) is 9.79. The molecule has 0 aliphatic carbocycles. The van der Waals surface area contributed by atoms with Gasteiger partial charge in [-0.2, -0.15) is 0 Å². The Bertz CT molecular complexity index is 1040. The Labute approximate surface area is 168 Å². The lowest BCUT2D eigenvalue weighted by Crippen LogP contribution is -2.40. The zero-order chi connectivity index (χ0) is 19.5. The van der Waals surface area contributed by atoms with E-state index in [2.05, 4.69) is 17.1 Å². The van der Waals surface area contributed by atoms with E-state index in [1.165, 1.54) is 43.6 Å². The van der Waals surface area contributed by atoms with Gasteiger partial charge in [0.25, 0.3) is 5.91 Å². The SMILES string of the molecule is CCC1CCCCN1CCCNC(=O)c1cc2c(=O)oc3ccccc3c2s1. The Kier molecular flexibility index (Phi) is 5.78. The van der Waals surface area contributed by atoms with E-state index in [1.54, 1.807) is 12.1 Å². The van der Waals surface area contributed by atoms with E-state index in [-0.39, 0.29) is 11.5 Å². The van der Waals surface area contributed by atoms with Crippen molar-refractivity contribution in [3.63, 3.8) is 0 Å². The maximum atomic E-state index is 12.6. The van der Waals surface area contributed by atoms with Crippen LogP contribution in [0, 0.1) is 0 Å². The fourth-order valence-electron chi connectivity index (χ4n) is 4.14. The molecule has 1 aromatic carbocycles. The van der Waals surface area contributed by atoms with Crippen LogP contribution < -0.4 is 10.9 Å². The van der Waals surface area contributed by atoms with Crippen LogP contribution in [-0.4, -0.2) is 36.5 Å². The lowest BCUT2D eigenvalue weighted by atomic mass is 10.00. The number of nitrogens with one attached hydrogen (secondary N) is 1. The minimum atomic E-state index is -0.389. The van der Waals surface area contributed by atoms with Gasteiger partial charge in [0.1, 0.15) is 5.58 Å². The van der Waals surface area contributed by atoms with E-state index < -0.39 is 0 Å². The van der Waals surface area contributed by atoms with E-state index in [4.69, 9.17) is 4.42 Å². The van der Waals surface area contributed by atoms with Crippen LogP contribution in [0.3, 0.4) is 0 Å². The van der Waals surface area contributed by atoms with Gasteiger partial charge in [-0.1, -0.05) is 25.5 Å². The molecule has 1 fully saturated rings. The minimum Gasteiger partial charge on any atom is -0.422 e. The van der Waals surface area contributed by atoms with Gasteiger partial charge in [0.05, 0.1) is 15.0 Å². The highest BCUT2D eigenvalue weighted by Crippen LogP contribution is 2.30. The van der Waals surface area contributed by atoms with Crippen molar-refractivity contribution in [2.24, 2.45) is 0 Å². The van der Waals surface area contributed by atoms with Crippen LogP contribution >= 0.6 is 11.3 Å². The fourth-order valence-corrected chi connectivity index (χ4v) is 5.23. The van der Waals surface area contributed by atoms with Crippen molar-refractivity contribution in [2.75, 3.05) is 19.6 Å². The molecule has 0 spiro atoms. The summed E-state index contributed by atoms with van der Waals surface area (Å²) in [4.78, 5) is 27.9. The van der Waals surface area contributed by atoms with Crippen molar-refractivity contribution in [3.8, 4) is 0 Å². The summed E-state index contributed by atoms with van der Waals surface area (Å²) in [5.41, 5.74) is 0.167. The Balaban J connectivity index is 1.41. The first kappa shape index (κ1) is 19.2. The predicted molar refractivity (Wildman–Crippen MR) is 114 cm³/mol. The van der Waals surface area contributed by atoms with Crippen LogP contribution in [0.4, 0.5) is 0 Å². The normalized spacial score (nSPS) is 18.0. The van der Waals surface area contributed by atoms with E-state index in [0.29, 0.717) is 28.4 Å². The molecule has 6 heteroatoms. The molecule has 2 aromatic heterocycles. The Hall–Kier alpha value is -2.18. The first-order chi connectivity index (χ1) is 13.7. The number of nitrogens with zero attached hydrogens (tertiary/aromatic N) is 1. The highest BCUT2D eigenvalue weighted by molar-refractivity contribution is 7.21. The number of fused-ring (bicyclic) bond motifs is 3. The summed E-state index contributed by atoms with van der Waals surface area (Å²) in [5.74, 6) is -0.115. The molecule has 28 heavy (non-hydrogen) atoms. The van der Waals surface area contributed by atoms with Crippen molar-refractivity contribution in [3.05, 3.63) is 45.6 Å². The Morgan fingerprint density at radius 2 is 2.14 bits per heavy atom. The topological polar surface area (TPSA) is 62.6 Å². The molecule has 3 aromatic rings. The third kappa shape index (κ3) is 3.84. The summed E-state index contributed by atoms with van der Waals surface area (Å²) in [7, 11) is 0. The molecule has 1 amide bonds. The lowest BCUT2D eigenvalue weighted by Gasteiger charge is -2.35. The van der Waals surface area contributed by atoms with Crippen LogP contribution in [0.15, 0.2) is 39.5 Å². The number of para-hydroxylation sites is 1. The van der Waals surface area contributed by atoms with E-state index >= 15 is 0 Å². The number of amides is 1. The second-order valence-electron chi connectivity index (χ2n) is 7.44. The van der Waals surface area contributed by atoms with Crippen LogP contribution in [0.25, 0.3) is 21.1 Å². The van der Waals surface area contributed by atoms with Crippen LogP contribution in [-0.2, 0) is 0 Å². The van der Waals surface area contributed by atoms with Crippen LogP contribution in [0.2, 0.25) is 0 Å². The van der Waals surface area contributed by atoms with E-state index in [9.17, 15) is 9.59 Å². The summed E-state index contributed by atoms with van der Waals surface area (Å²) in [6.45, 7) is 5.10. The molecule has 0 saturated carbocycles. The molecule has 1 atom stereocenters. The monoisotopic (exact) mass is 398 g/mol. The van der Waals surface area contributed by atoms with Gasteiger partial charge < -0.3 is 14.6 Å². The second-order valence-corrected chi connectivity index (χ2v) is 8.49. The molecule has 3 heterocycles. The van der Waals surface area contributed by atoms with Gasteiger partial charge in [-0.05, 0) is 50.4 Å². The van der Waals surface area contributed by atoms with Crippen LogP contribution in [0.5, 0.6) is 0 Å². The number of carbonyl (C=O) groups is 1. The van der Waals surface area contributed by atoms with Gasteiger partial charge in [-0.3, -0.25) is 4.79 Å². The van der Waals surface area contributed by atoms with Gasteiger partial charge in [-0.15, -0.1) is 11.3 Å². The van der Waals surface area contributed by atoms with Crippen LogP contribution in [0.1, 0.15) is 48.7 Å². The largest absolute Gasteiger partial charge is 0.422 e. The molecule has 1 N–H and O–H groups in total. The number of rotatable bonds is 6. The van der Waals surface area contributed by atoms with Crippen molar-refractivity contribution < 1.29 is 9.21 Å². The number of likely N-dealkylation sites (tertiary alicyclic amines) is 1. The van der Waals surface area contributed by atoms with Crippen molar-refractivity contribution in [1.29, 1.82) is 0 Å². The highest BCUT2D eigenvalue weighted by Gasteiger charge is 2.20. The second kappa shape index (κ2) is 8.45. The Morgan fingerprint density at radius 1 is 1.29 bits per heavy atom.